The van der Waals surface area contributed by atoms with Crippen LogP contribution < -0.4 is 10.6 Å². The smallest absolute Gasteiger partial charge is 0.251 e. The third kappa shape index (κ3) is 5.78. The molecule has 2 rings (SSSR count). The Morgan fingerprint density at radius 2 is 1.88 bits per heavy atom. The highest BCUT2D eigenvalue weighted by atomic mass is 16.2. The first-order chi connectivity index (χ1) is 12.1. The maximum atomic E-state index is 12.1. The van der Waals surface area contributed by atoms with Crippen LogP contribution in [0.2, 0.25) is 0 Å². The van der Waals surface area contributed by atoms with Crippen LogP contribution in [0.1, 0.15) is 41.3 Å². The molecule has 2 amide bonds. The molecule has 0 spiro atoms. The highest BCUT2D eigenvalue weighted by Gasteiger charge is 2.08. The summed E-state index contributed by atoms with van der Waals surface area (Å²) in [4.78, 5) is 24.1. The molecule has 25 heavy (non-hydrogen) atoms. The number of hydrogen-bond donors (Lipinski definition) is 2. The van der Waals surface area contributed by atoms with Crippen LogP contribution in [-0.4, -0.2) is 18.4 Å². The van der Waals surface area contributed by atoms with Gasteiger partial charge in [-0.25, -0.2) is 0 Å². The molecule has 5 nitrogen and oxygen atoms in total. The van der Waals surface area contributed by atoms with Gasteiger partial charge in [-0.1, -0.05) is 25.1 Å². The average molecular weight is 335 g/mol. The van der Waals surface area contributed by atoms with E-state index in [1.54, 1.807) is 36.4 Å². The zero-order chi connectivity index (χ0) is 18.1. The molecule has 0 aliphatic rings. The van der Waals surface area contributed by atoms with Gasteiger partial charge in [0.1, 0.15) is 0 Å². The van der Waals surface area contributed by atoms with Crippen molar-refractivity contribution in [1.82, 2.24) is 5.32 Å². The summed E-state index contributed by atoms with van der Waals surface area (Å²) in [6.45, 7) is 2.62. The Morgan fingerprint density at radius 3 is 2.56 bits per heavy atom. The van der Waals surface area contributed by atoms with Crippen molar-refractivity contribution >= 4 is 17.5 Å². The monoisotopic (exact) mass is 335 g/mol. The minimum Gasteiger partial charge on any atom is -0.352 e. The van der Waals surface area contributed by atoms with Crippen molar-refractivity contribution in [3.05, 3.63) is 65.2 Å². The predicted molar refractivity (Wildman–Crippen MR) is 97.2 cm³/mol. The molecule has 5 heteroatoms. The lowest BCUT2D eigenvalue weighted by molar-refractivity contribution is -0.116. The molecule has 0 aromatic heterocycles. The Balaban J connectivity index is 1.89. The second-order valence-electron chi connectivity index (χ2n) is 5.69. The van der Waals surface area contributed by atoms with Crippen molar-refractivity contribution in [3.63, 3.8) is 0 Å². The number of anilines is 1. The number of carbonyl (C=O) groups excluding carboxylic acids is 2. The SMILES string of the molecule is CCCNC(=O)c1cccc(NC(=O)CCc2ccc(C#N)cc2)c1. The van der Waals surface area contributed by atoms with Crippen molar-refractivity contribution in [2.75, 3.05) is 11.9 Å². The summed E-state index contributed by atoms with van der Waals surface area (Å²) in [6, 6.07) is 16.2. The maximum absolute atomic E-state index is 12.1. The van der Waals surface area contributed by atoms with Gasteiger partial charge in [0.15, 0.2) is 0 Å². The lowest BCUT2D eigenvalue weighted by Crippen LogP contribution is -2.24. The van der Waals surface area contributed by atoms with Gasteiger partial charge in [0.05, 0.1) is 11.6 Å². The third-order valence-corrected chi connectivity index (χ3v) is 3.67. The highest BCUT2D eigenvalue weighted by molar-refractivity contribution is 5.97. The number of amides is 2. The molecule has 0 saturated heterocycles. The lowest BCUT2D eigenvalue weighted by Gasteiger charge is -2.08. The molecule has 0 heterocycles. The molecule has 0 aliphatic carbocycles. The Labute approximate surface area is 147 Å². The van der Waals surface area contributed by atoms with Crippen LogP contribution >= 0.6 is 0 Å². The Bertz CT molecular complexity index is 776. The number of nitrogens with one attached hydrogen (secondary N) is 2. The predicted octanol–water partition coefficient (Wildman–Crippen LogP) is 3.27. The minimum atomic E-state index is -0.143. The molecule has 128 valence electrons. The topological polar surface area (TPSA) is 82.0 Å². The number of aryl methyl sites for hydroxylation is 1. The van der Waals surface area contributed by atoms with Crippen molar-refractivity contribution in [3.8, 4) is 6.07 Å². The van der Waals surface area contributed by atoms with Crippen LogP contribution in [0.4, 0.5) is 5.69 Å². The summed E-state index contributed by atoms with van der Waals surface area (Å²) < 4.78 is 0. The van der Waals surface area contributed by atoms with Gasteiger partial charge in [-0.2, -0.15) is 5.26 Å². The van der Waals surface area contributed by atoms with Crippen LogP contribution in [0.15, 0.2) is 48.5 Å². The molecule has 0 aliphatic heterocycles. The lowest BCUT2D eigenvalue weighted by atomic mass is 10.1. The van der Waals surface area contributed by atoms with Crippen LogP contribution in [0, 0.1) is 11.3 Å². The first kappa shape index (κ1) is 18.2. The van der Waals surface area contributed by atoms with E-state index in [2.05, 4.69) is 16.7 Å². The minimum absolute atomic E-state index is 0.115. The van der Waals surface area contributed by atoms with Crippen molar-refractivity contribution in [2.45, 2.75) is 26.2 Å². The standard InChI is InChI=1S/C20H21N3O2/c1-2-12-22-20(25)17-4-3-5-18(13-17)23-19(24)11-10-15-6-8-16(14-21)9-7-15/h3-9,13H,2,10-12H2,1H3,(H,22,25)(H,23,24). The van der Waals surface area contributed by atoms with Gasteiger partial charge in [0.25, 0.3) is 5.91 Å². The molecule has 2 aromatic carbocycles. The highest BCUT2D eigenvalue weighted by Crippen LogP contribution is 2.12. The van der Waals surface area contributed by atoms with Crippen LogP contribution in [0.25, 0.3) is 0 Å². The third-order valence-electron chi connectivity index (χ3n) is 3.67. The summed E-state index contributed by atoms with van der Waals surface area (Å²) in [5.41, 5.74) is 2.74. The van der Waals surface area contributed by atoms with Crippen molar-refractivity contribution in [1.29, 1.82) is 5.26 Å². The van der Waals surface area contributed by atoms with Gasteiger partial charge in [0.2, 0.25) is 5.91 Å². The maximum Gasteiger partial charge on any atom is 0.251 e. The van der Waals surface area contributed by atoms with Crippen LogP contribution in [0.3, 0.4) is 0 Å². The van der Waals surface area contributed by atoms with Gasteiger partial charge in [-0.05, 0) is 48.7 Å². The fraction of sp³-hybridized carbons (Fsp3) is 0.250. The number of nitriles is 1. The second-order valence-corrected chi connectivity index (χ2v) is 5.69. The Hall–Kier alpha value is -3.13. The van der Waals surface area contributed by atoms with Crippen LogP contribution in [-0.2, 0) is 11.2 Å². The Morgan fingerprint density at radius 1 is 1.12 bits per heavy atom. The summed E-state index contributed by atoms with van der Waals surface area (Å²) in [7, 11) is 0. The molecule has 0 radical (unpaired) electrons. The molecule has 0 unspecified atom stereocenters. The molecule has 0 bridgehead atoms. The summed E-state index contributed by atoms with van der Waals surface area (Å²) >= 11 is 0. The second kappa shape index (κ2) is 9.24. The normalized spacial score (nSPS) is 9.92. The molecule has 0 atom stereocenters. The van der Waals surface area contributed by atoms with E-state index in [0.717, 1.165) is 12.0 Å². The van der Waals surface area contributed by atoms with E-state index in [1.165, 1.54) is 0 Å². The van der Waals surface area contributed by atoms with Crippen molar-refractivity contribution < 1.29 is 9.59 Å². The molecule has 0 fully saturated rings. The largest absolute Gasteiger partial charge is 0.352 e. The molecule has 0 saturated carbocycles. The summed E-state index contributed by atoms with van der Waals surface area (Å²) in [6.07, 6.45) is 1.80. The van der Waals surface area contributed by atoms with E-state index in [9.17, 15) is 9.59 Å². The van der Waals surface area contributed by atoms with E-state index in [1.807, 2.05) is 19.1 Å². The van der Waals surface area contributed by atoms with Crippen molar-refractivity contribution in [2.24, 2.45) is 0 Å². The Kier molecular flexibility index (Phi) is 6.73. The van der Waals surface area contributed by atoms with E-state index < -0.39 is 0 Å². The average Bonchev–Trinajstić information content (AvgIpc) is 2.65. The van der Waals surface area contributed by atoms with E-state index >= 15 is 0 Å². The number of hydrogen-bond acceptors (Lipinski definition) is 3. The van der Waals surface area contributed by atoms with E-state index in [0.29, 0.717) is 36.2 Å². The number of benzene rings is 2. The zero-order valence-corrected chi connectivity index (χ0v) is 14.2. The van der Waals surface area contributed by atoms with E-state index in [4.69, 9.17) is 5.26 Å². The molecular formula is C20H21N3O2. The number of nitrogens with zero attached hydrogens (tertiary/aromatic N) is 1. The van der Waals surface area contributed by atoms with Crippen LogP contribution in [0.5, 0.6) is 0 Å². The van der Waals surface area contributed by atoms with E-state index in [-0.39, 0.29) is 11.8 Å². The summed E-state index contributed by atoms with van der Waals surface area (Å²) in [5, 5.41) is 14.4. The van der Waals surface area contributed by atoms with Gasteiger partial charge in [0, 0.05) is 24.2 Å². The van der Waals surface area contributed by atoms with Gasteiger partial charge < -0.3 is 10.6 Å². The molecular weight excluding hydrogens is 314 g/mol. The van der Waals surface area contributed by atoms with Gasteiger partial charge >= 0.3 is 0 Å². The fourth-order valence-electron chi connectivity index (χ4n) is 2.31. The fourth-order valence-corrected chi connectivity index (χ4v) is 2.31. The number of rotatable bonds is 7. The summed E-state index contributed by atoms with van der Waals surface area (Å²) in [5.74, 6) is -0.258. The van der Waals surface area contributed by atoms with Gasteiger partial charge in [-0.3, -0.25) is 9.59 Å². The zero-order valence-electron chi connectivity index (χ0n) is 14.2. The number of carbonyl (C=O) groups is 2. The first-order valence-corrected chi connectivity index (χ1v) is 8.29. The first-order valence-electron chi connectivity index (χ1n) is 8.29. The molecule has 2 aromatic rings. The van der Waals surface area contributed by atoms with Gasteiger partial charge in [-0.15, -0.1) is 0 Å². The quantitative estimate of drug-likeness (QED) is 0.815. The molecule has 2 N–H and O–H groups in total.